The number of hydrogen-bond acceptors (Lipinski definition) is 2. The first-order valence-corrected chi connectivity index (χ1v) is 10.4. The quantitative estimate of drug-likeness (QED) is 0.493. The van der Waals surface area contributed by atoms with E-state index in [9.17, 15) is 4.79 Å². The summed E-state index contributed by atoms with van der Waals surface area (Å²) in [4.78, 5) is 15.3. The van der Waals surface area contributed by atoms with Crippen LogP contribution < -0.4 is 10.2 Å². The van der Waals surface area contributed by atoms with Crippen LogP contribution in [0.25, 0.3) is 0 Å². The third-order valence-electron chi connectivity index (χ3n) is 5.47. The lowest BCUT2D eigenvalue weighted by molar-refractivity contribution is 0.0975. The van der Waals surface area contributed by atoms with Crippen molar-refractivity contribution >= 4 is 33.2 Å². The van der Waals surface area contributed by atoms with Crippen LogP contribution in [-0.4, -0.2) is 5.91 Å². The van der Waals surface area contributed by atoms with E-state index in [0.29, 0.717) is 11.5 Å². The van der Waals surface area contributed by atoms with Crippen LogP contribution in [0.2, 0.25) is 0 Å². The summed E-state index contributed by atoms with van der Waals surface area (Å²) in [7, 11) is 0. The Morgan fingerprint density at radius 3 is 2.36 bits per heavy atom. The fraction of sp³-hybridized carbons (Fsp3) is 0.208. The zero-order chi connectivity index (χ0) is 19.7. The molecule has 0 radical (unpaired) electrons. The van der Waals surface area contributed by atoms with E-state index in [1.807, 2.05) is 53.4 Å². The number of halogens is 1. The Balaban J connectivity index is 1.78. The molecule has 3 aromatic carbocycles. The second kappa shape index (κ2) is 7.80. The van der Waals surface area contributed by atoms with Crippen LogP contribution >= 0.6 is 15.9 Å². The molecule has 1 aliphatic heterocycles. The van der Waals surface area contributed by atoms with Crippen molar-refractivity contribution in [2.24, 2.45) is 0 Å². The topological polar surface area (TPSA) is 32.3 Å². The molecule has 0 unspecified atom stereocenters. The van der Waals surface area contributed by atoms with Crippen LogP contribution in [0.1, 0.15) is 53.8 Å². The summed E-state index contributed by atoms with van der Waals surface area (Å²) in [6, 6.07) is 24.2. The zero-order valence-corrected chi connectivity index (χ0v) is 17.6. The molecule has 1 heterocycles. The second-order valence-electron chi connectivity index (χ2n) is 7.22. The van der Waals surface area contributed by atoms with Gasteiger partial charge in [0, 0.05) is 15.8 Å². The first kappa shape index (κ1) is 18.8. The molecule has 142 valence electrons. The van der Waals surface area contributed by atoms with Gasteiger partial charge in [0.15, 0.2) is 0 Å². The molecule has 1 aliphatic rings. The van der Waals surface area contributed by atoms with Crippen molar-refractivity contribution in [2.45, 2.75) is 32.4 Å². The molecule has 28 heavy (non-hydrogen) atoms. The smallest absolute Gasteiger partial charge is 0.262 e. The predicted molar refractivity (Wildman–Crippen MR) is 119 cm³/mol. The molecule has 0 aromatic heterocycles. The standard InChI is InChI=1S/C24H23BrN2O/c1-3-16(2)17-10-14-20(15-11-17)27-23(18-8-12-19(25)13-9-18)26-22-7-5-4-6-21(22)24(27)28/h4-16,23,26H,3H2,1-2H3/t16-,23+/m1/s1. The normalized spacial score (nSPS) is 17.0. The van der Waals surface area contributed by atoms with E-state index in [4.69, 9.17) is 0 Å². The van der Waals surface area contributed by atoms with Crippen LogP contribution in [0.15, 0.2) is 77.3 Å². The van der Waals surface area contributed by atoms with Gasteiger partial charge in [-0.3, -0.25) is 9.69 Å². The van der Waals surface area contributed by atoms with Crippen LogP contribution in [0.3, 0.4) is 0 Å². The van der Waals surface area contributed by atoms with Gasteiger partial charge >= 0.3 is 0 Å². The molecule has 0 saturated heterocycles. The van der Waals surface area contributed by atoms with Crippen LogP contribution in [-0.2, 0) is 0 Å². The van der Waals surface area contributed by atoms with Crippen molar-refractivity contribution in [2.75, 3.05) is 10.2 Å². The number of nitrogens with one attached hydrogen (secondary N) is 1. The monoisotopic (exact) mass is 434 g/mol. The van der Waals surface area contributed by atoms with Gasteiger partial charge in [0.2, 0.25) is 0 Å². The number of amides is 1. The molecule has 3 aromatic rings. The molecule has 0 spiro atoms. The van der Waals surface area contributed by atoms with Crippen molar-refractivity contribution in [3.8, 4) is 0 Å². The van der Waals surface area contributed by atoms with Crippen LogP contribution in [0.5, 0.6) is 0 Å². The van der Waals surface area contributed by atoms with Gasteiger partial charge in [0.1, 0.15) is 6.17 Å². The fourth-order valence-corrected chi connectivity index (χ4v) is 3.86. The van der Waals surface area contributed by atoms with E-state index in [1.54, 1.807) is 0 Å². The molecule has 4 rings (SSSR count). The van der Waals surface area contributed by atoms with Gasteiger partial charge in [-0.05, 0) is 59.9 Å². The van der Waals surface area contributed by atoms with Crippen LogP contribution in [0.4, 0.5) is 11.4 Å². The summed E-state index contributed by atoms with van der Waals surface area (Å²) in [6.45, 7) is 4.42. The highest BCUT2D eigenvalue weighted by Crippen LogP contribution is 2.37. The maximum absolute atomic E-state index is 13.4. The molecule has 0 aliphatic carbocycles. The van der Waals surface area contributed by atoms with Gasteiger partial charge in [-0.1, -0.05) is 66.2 Å². The third kappa shape index (κ3) is 3.45. The van der Waals surface area contributed by atoms with Gasteiger partial charge in [-0.2, -0.15) is 0 Å². The third-order valence-corrected chi connectivity index (χ3v) is 5.99. The molecule has 2 atom stereocenters. The van der Waals surface area contributed by atoms with Crippen molar-refractivity contribution in [3.63, 3.8) is 0 Å². The van der Waals surface area contributed by atoms with Crippen molar-refractivity contribution in [1.29, 1.82) is 0 Å². The molecule has 4 heteroatoms. The predicted octanol–water partition coefficient (Wildman–Crippen LogP) is 6.73. The summed E-state index contributed by atoms with van der Waals surface area (Å²) in [5.74, 6) is 0.519. The van der Waals surface area contributed by atoms with E-state index >= 15 is 0 Å². The Hall–Kier alpha value is -2.59. The molecule has 0 bridgehead atoms. The average molecular weight is 435 g/mol. The summed E-state index contributed by atoms with van der Waals surface area (Å²) in [5, 5.41) is 3.55. The molecular weight excluding hydrogens is 412 g/mol. The lowest BCUT2D eigenvalue weighted by Gasteiger charge is -2.38. The van der Waals surface area contributed by atoms with Crippen molar-refractivity contribution in [1.82, 2.24) is 0 Å². The first-order chi connectivity index (χ1) is 13.6. The number of carbonyl (C=O) groups excluding carboxylic acids is 1. The SMILES string of the molecule is CC[C@@H](C)c1ccc(N2C(=O)c3ccccc3N[C@@H]2c2ccc(Br)cc2)cc1. The zero-order valence-electron chi connectivity index (χ0n) is 16.0. The molecule has 0 saturated carbocycles. The lowest BCUT2D eigenvalue weighted by Crippen LogP contribution is -2.43. The summed E-state index contributed by atoms with van der Waals surface area (Å²) in [6.07, 6.45) is 0.836. The molecule has 3 nitrogen and oxygen atoms in total. The van der Waals surface area contributed by atoms with Gasteiger partial charge in [0.05, 0.1) is 5.56 Å². The maximum Gasteiger partial charge on any atom is 0.262 e. The van der Waals surface area contributed by atoms with Gasteiger partial charge < -0.3 is 5.32 Å². The number of benzene rings is 3. The minimum Gasteiger partial charge on any atom is -0.360 e. The number of hydrogen-bond donors (Lipinski definition) is 1. The summed E-state index contributed by atoms with van der Waals surface area (Å²) < 4.78 is 1.02. The maximum atomic E-state index is 13.4. The number of nitrogens with zero attached hydrogens (tertiary/aromatic N) is 1. The van der Waals surface area contributed by atoms with Crippen molar-refractivity contribution < 1.29 is 4.79 Å². The first-order valence-electron chi connectivity index (χ1n) is 9.63. The van der Waals surface area contributed by atoms with E-state index in [0.717, 1.165) is 27.8 Å². The molecular formula is C24H23BrN2O. The Morgan fingerprint density at radius 2 is 1.68 bits per heavy atom. The van der Waals surface area contributed by atoms with E-state index in [-0.39, 0.29) is 12.1 Å². The summed E-state index contributed by atoms with van der Waals surface area (Å²) >= 11 is 3.49. The Bertz CT molecular complexity index is 982. The van der Waals surface area contributed by atoms with Gasteiger partial charge in [-0.15, -0.1) is 0 Å². The molecule has 0 fully saturated rings. The van der Waals surface area contributed by atoms with E-state index < -0.39 is 0 Å². The number of fused-ring (bicyclic) bond motifs is 1. The Kier molecular flexibility index (Phi) is 5.23. The number of anilines is 2. The van der Waals surface area contributed by atoms with E-state index in [2.05, 4.69) is 59.4 Å². The van der Waals surface area contributed by atoms with Gasteiger partial charge in [0.25, 0.3) is 5.91 Å². The fourth-order valence-electron chi connectivity index (χ4n) is 3.60. The highest BCUT2D eigenvalue weighted by atomic mass is 79.9. The minimum absolute atomic E-state index is 0.0126. The van der Waals surface area contributed by atoms with Crippen LogP contribution in [0, 0.1) is 0 Å². The highest BCUT2D eigenvalue weighted by molar-refractivity contribution is 9.10. The summed E-state index contributed by atoms with van der Waals surface area (Å²) in [5.41, 5.74) is 4.79. The Morgan fingerprint density at radius 1 is 1.00 bits per heavy atom. The second-order valence-corrected chi connectivity index (χ2v) is 8.14. The number of rotatable bonds is 4. The van der Waals surface area contributed by atoms with Gasteiger partial charge in [-0.25, -0.2) is 0 Å². The molecule has 1 N–H and O–H groups in total. The minimum atomic E-state index is -0.259. The van der Waals surface area contributed by atoms with Crippen molar-refractivity contribution in [3.05, 3.63) is 94.0 Å². The highest BCUT2D eigenvalue weighted by Gasteiger charge is 2.33. The largest absolute Gasteiger partial charge is 0.360 e. The molecule has 1 amide bonds. The average Bonchev–Trinajstić information content (AvgIpc) is 2.74. The number of carbonyl (C=O) groups is 1. The van der Waals surface area contributed by atoms with E-state index in [1.165, 1.54) is 5.56 Å². The Labute approximate surface area is 174 Å². The number of para-hydroxylation sites is 1. The lowest BCUT2D eigenvalue weighted by atomic mass is 9.97.